The van der Waals surface area contributed by atoms with Crippen molar-refractivity contribution in [1.82, 2.24) is 0 Å². The molecular formula is C13H20O4S. The number of hydrogen-bond donors (Lipinski definition) is 2. The standard InChI is InChI=1S/C13H20O4S/c1-10(2)12(9-14)6-3-11-4-7-13(8-5-11)18(15,16)17/h4-5,7-8,10,12,14H,3,6,9H2,1-2H3,(H,15,16,17)/t12-/m1/s1. The SMILES string of the molecule is CC(C)[C@@H](CO)CCc1ccc(S(=O)(=O)O)cc1. The number of hydrogen-bond acceptors (Lipinski definition) is 3. The second kappa shape index (κ2) is 6.31. The number of aryl methyl sites for hydroxylation is 1. The highest BCUT2D eigenvalue weighted by atomic mass is 32.2. The van der Waals surface area contributed by atoms with Crippen molar-refractivity contribution in [3.63, 3.8) is 0 Å². The van der Waals surface area contributed by atoms with E-state index in [4.69, 9.17) is 4.55 Å². The van der Waals surface area contributed by atoms with Gasteiger partial charge in [0.15, 0.2) is 0 Å². The maximum absolute atomic E-state index is 10.9. The molecule has 0 fully saturated rings. The molecule has 0 radical (unpaired) electrons. The minimum Gasteiger partial charge on any atom is -0.396 e. The Morgan fingerprint density at radius 3 is 2.11 bits per heavy atom. The van der Waals surface area contributed by atoms with Crippen molar-refractivity contribution in [2.45, 2.75) is 31.6 Å². The summed E-state index contributed by atoms with van der Waals surface area (Å²) >= 11 is 0. The van der Waals surface area contributed by atoms with Gasteiger partial charge in [-0.1, -0.05) is 26.0 Å². The molecule has 0 aromatic heterocycles. The molecule has 0 unspecified atom stereocenters. The molecule has 2 N–H and O–H groups in total. The van der Waals surface area contributed by atoms with Gasteiger partial charge in [-0.05, 0) is 42.4 Å². The summed E-state index contributed by atoms with van der Waals surface area (Å²) in [6.45, 7) is 4.31. The van der Waals surface area contributed by atoms with E-state index in [2.05, 4.69) is 13.8 Å². The van der Waals surface area contributed by atoms with Crippen molar-refractivity contribution in [1.29, 1.82) is 0 Å². The van der Waals surface area contributed by atoms with E-state index < -0.39 is 10.1 Å². The quantitative estimate of drug-likeness (QED) is 0.778. The Morgan fingerprint density at radius 1 is 1.17 bits per heavy atom. The second-order valence-electron chi connectivity index (χ2n) is 4.84. The topological polar surface area (TPSA) is 74.6 Å². The van der Waals surface area contributed by atoms with Crippen LogP contribution in [0.2, 0.25) is 0 Å². The first kappa shape index (κ1) is 15.1. The molecule has 102 valence electrons. The third-order valence-electron chi connectivity index (χ3n) is 3.20. The number of benzene rings is 1. The zero-order valence-electron chi connectivity index (χ0n) is 10.7. The highest BCUT2D eigenvalue weighted by Crippen LogP contribution is 2.18. The maximum atomic E-state index is 10.9. The number of aliphatic hydroxyl groups is 1. The minimum absolute atomic E-state index is 0.0891. The Morgan fingerprint density at radius 2 is 1.72 bits per heavy atom. The highest BCUT2D eigenvalue weighted by molar-refractivity contribution is 7.85. The van der Waals surface area contributed by atoms with Gasteiger partial charge in [-0.3, -0.25) is 4.55 Å². The molecule has 0 heterocycles. The van der Waals surface area contributed by atoms with Gasteiger partial charge in [-0.25, -0.2) is 0 Å². The van der Waals surface area contributed by atoms with E-state index in [1.54, 1.807) is 12.1 Å². The van der Waals surface area contributed by atoms with Crippen LogP contribution in [-0.2, 0) is 16.5 Å². The first-order chi connectivity index (χ1) is 8.34. The van der Waals surface area contributed by atoms with Crippen molar-refractivity contribution in [3.8, 4) is 0 Å². The van der Waals surface area contributed by atoms with E-state index in [0.717, 1.165) is 18.4 Å². The molecule has 0 aliphatic heterocycles. The van der Waals surface area contributed by atoms with Crippen LogP contribution in [0, 0.1) is 11.8 Å². The van der Waals surface area contributed by atoms with Crippen molar-refractivity contribution in [2.75, 3.05) is 6.61 Å². The smallest absolute Gasteiger partial charge is 0.294 e. The molecule has 1 aromatic rings. The van der Waals surface area contributed by atoms with E-state index in [0.29, 0.717) is 5.92 Å². The molecule has 0 spiro atoms. The molecule has 0 aliphatic carbocycles. The van der Waals surface area contributed by atoms with Crippen molar-refractivity contribution >= 4 is 10.1 Å². The predicted molar refractivity (Wildman–Crippen MR) is 70.0 cm³/mol. The third-order valence-corrected chi connectivity index (χ3v) is 4.07. The van der Waals surface area contributed by atoms with E-state index in [1.165, 1.54) is 12.1 Å². The summed E-state index contributed by atoms with van der Waals surface area (Å²) in [6, 6.07) is 6.18. The second-order valence-corrected chi connectivity index (χ2v) is 6.27. The van der Waals surface area contributed by atoms with Gasteiger partial charge in [0.1, 0.15) is 0 Å². The van der Waals surface area contributed by atoms with Gasteiger partial charge >= 0.3 is 0 Å². The average Bonchev–Trinajstić information content (AvgIpc) is 2.29. The van der Waals surface area contributed by atoms with Crippen LogP contribution in [0.3, 0.4) is 0 Å². The molecule has 0 amide bonds. The molecule has 0 aliphatic rings. The van der Waals surface area contributed by atoms with E-state index in [9.17, 15) is 13.5 Å². The first-order valence-electron chi connectivity index (χ1n) is 6.02. The summed E-state index contributed by atoms with van der Waals surface area (Å²) in [5.74, 6) is 0.679. The molecule has 4 nitrogen and oxygen atoms in total. The Kier molecular flexibility index (Phi) is 5.31. The van der Waals surface area contributed by atoms with E-state index in [-0.39, 0.29) is 17.4 Å². The maximum Gasteiger partial charge on any atom is 0.294 e. The average molecular weight is 272 g/mol. The van der Waals surface area contributed by atoms with Crippen LogP contribution < -0.4 is 0 Å². The monoisotopic (exact) mass is 272 g/mol. The highest BCUT2D eigenvalue weighted by Gasteiger charge is 2.13. The zero-order chi connectivity index (χ0) is 13.8. The lowest BCUT2D eigenvalue weighted by atomic mass is 9.90. The van der Waals surface area contributed by atoms with Gasteiger partial charge in [0, 0.05) is 6.61 Å². The molecule has 18 heavy (non-hydrogen) atoms. The summed E-state index contributed by atoms with van der Waals surface area (Å²) < 4.78 is 30.6. The van der Waals surface area contributed by atoms with Gasteiger partial charge < -0.3 is 5.11 Å². The lowest BCUT2D eigenvalue weighted by Gasteiger charge is -2.17. The van der Waals surface area contributed by atoms with Crippen LogP contribution in [0.4, 0.5) is 0 Å². The third kappa shape index (κ3) is 4.40. The van der Waals surface area contributed by atoms with Gasteiger partial charge in [0.05, 0.1) is 4.90 Å². The van der Waals surface area contributed by atoms with Gasteiger partial charge in [0.2, 0.25) is 0 Å². The molecule has 0 bridgehead atoms. The van der Waals surface area contributed by atoms with Crippen molar-refractivity contribution in [2.24, 2.45) is 11.8 Å². The summed E-state index contributed by atoms with van der Waals surface area (Å²) in [4.78, 5) is -0.0891. The molecule has 1 rings (SSSR count). The summed E-state index contributed by atoms with van der Waals surface area (Å²) in [6.07, 6.45) is 1.65. The number of rotatable bonds is 6. The normalized spacial score (nSPS) is 13.8. The Labute approximate surface area is 108 Å². The van der Waals surface area contributed by atoms with Crippen LogP contribution in [0.5, 0.6) is 0 Å². The fourth-order valence-electron chi connectivity index (χ4n) is 1.82. The molecule has 0 saturated heterocycles. The van der Waals surface area contributed by atoms with E-state index >= 15 is 0 Å². The van der Waals surface area contributed by atoms with E-state index in [1.807, 2.05) is 0 Å². The molecule has 0 saturated carbocycles. The van der Waals surface area contributed by atoms with Crippen molar-refractivity contribution in [3.05, 3.63) is 29.8 Å². The molecule has 1 aromatic carbocycles. The largest absolute Gasteiger partial charge is 0.396 e. The fraction of sp³-hybridized carbons (Fsp3) is 0.538. The van der Waals surface area contributed by atoms with Crippen LogP contribution in [0.25, 0.3) is 0 Å². The lowest BCUT2D eigenvalue weighted by molar-refractivity contribution is 0.181. The van der Waals surface area contributed by atoms with Gasteiger partial charge in [0.25, 0.3) is 10.1 Å². The van der Waals surface area contributed by atoms with Crippen LogP contribution >= 0.6 is 0 Å². The van der Waals surface area contributed by atoms with Gasteiger partial charge in [-0.15, -0.1) is 0 Å². The minimum atomic E-state index is -4.11. The molecule has 1 atom stereocenters. The Hall–Kier alpha value is -0.910. The Balaban J connectivity index is 2.65. The number of aliphatic hydroxyl groups excluding tert-OH is 1. The van der Waals surface area contributed by atoms with Crippen molar-refractivity contribution < 1.29 is 18.1 Å². The Bertz CT molecular complexity index is 462. The lowest BCUT2D eigenvalue weighted by Crippen LogP contribution is -2.14. The van der Waals surface area contributed by atoms with Crippen LogP contribution in [0.1, 0.15) is 25.8 Å². The molecular weight excluding hydrogens is 252 g/mol. The van der Waals surface area contributed by atoms with Crippen LogP contribution in [-0.4, -0.2) is 24.7 Å². The summed E-state index contributed by atoms with van der Waals surface area (Å²) in [5.41, 5.74) is 1.00. The molecule has 5 heteroatoms. The fourth-order valence-corrected chi connectivity index (χ4v) is 2.30. The van der Waals surface area contributed by atoms with Crippen LogP contribution in [0.15, 0.2) is 29.2 Å². The summed E-state index contributed by atoms with van der Waals surface area (Å²) in [5, 5.41) is 9.21. The zero-order valence-corrected chi connectivity index (χ0v) is 11.5. The van der Waals surface area contributed by atoms with Gasteiger partial charge in [-0.2, -0.15) is 8.42 Å². The summed E-state index contributed by atoms with van der Waals surface area (Å²) in [7, 11) is -4.11. The predicted octanol–water partition coefficient (Wildman–Crippen LogP) is 2.13. The first-order valence-corrected chi connectivity index (χ1v) is 7.46.